The zero-order chi connectivity index (χ0) is 21.3. The summed E-state index contributed by atoms with van der Waals surface area (Å²) in [7, 11) is 0. The fraction of sp³-hybridized carbons (Fsp3) is 0.571. The molecule has 1 aromatic carbocycles. The lowest BCUT2D eigenvalue weighted by Crippen LogP contribution is -2.57. The highest BCUT2D eigenvalue weighted by Gasteiger charge is 2.31. The Labute approximate surface area is 167 Å². The zero-order valence-corrected chi connectivity index (χ0v) is 17.1. The molecule has 4 atom stereocenters. The molecule has 1 aromatic rings. The smallest absolute Gasteiger partial charge is 0.326 e. The molecule has 0 saturated carbocycles. The van der Waals surface area contributed by atoms with Crippen LogP contribution >= 0.6 is 0 Å². The standard InChI is InChI=1S/C21H33N3O4/c1-5-14(4)18(20(26)23-17(21(27)28)11-13(2)3)24-19(25)16(22)12-15-9-7-6-8-10-15/h6-10,13-14,16-18H,5,11-12,22H2,1-4H3,(H,23,26)(H,24,25)(H,27,28). The van der Waals surface area contributed by atoms with Crippen LogP contribution in [-0.4, -0.2) is 41.0 Å². The molecule has 0 aliphatic rings. The number of benzene rings is 1. The normalized spacial score (nSPS) is 15.4. The van der Waals surface area contributed by atoms with Crippen molar-refractivity contribution in [1.29, 1.82) is 0 Å². The van der Waals surface area contributed by atoms with E-state index in [1.54, 1.807) is 0 Å². The number of nitrogens with one attached hydrogen (secondary N) is 2. The lowest BCUT2D eigenvalue weighted by molar-refractivity contribution is -0.143. The number of carbonyl (C=O) groups excluding carboxylic acids is 2. The Morgan fingerprint density at radius 3 is 2.14 bits per heavy atom. The number of amides is 2. The highest BCUT2D eigenvalue weighted by atomic mass is 16.4. The molecule has 4 unspecified atom stereocenters. The van der Waals surface area contributed by atoms with Gasteiger partial charge in [-0.25, -0.2) is 4.79 Å². The molecular formula is C21H33N3O4. The van der Waals surface area contributed by atoms with Gasteiger partial charge in [0.15, 0.2) is 0 Å². The second-order valence-corrected chi connectivity index (χ2v) is 7.70. The monoisotopic (exact) mass is 391 g/mol. The first-order valence-corrected chi connectivity index (χ1v) is 9.78. The number of carbonyl (C=O) groups is 3. The highest BCUT2D eigenvalue weighted by Crippen LogP contribution is 2.11. The third kappa shape index (κ3) is 7.68. The van der Waals surface area contributed by atoms with E-state index in [1.165, 1.54) is 0 Å². The van der Waals surface area contributed by atoms with Gasteiger partial charge in [-0.2, -0.15) is 0 Å². The van der Waals surface area contributed by atoms with E-state index in [1.807, 2.05) is 58.0 Å². The first kappa shape index (κ1) is 23.6. The first-order chi connectivity index (χ1) is 13.1. The summed E-state index contributed by atoms with van der Waals surface area (Å²) in [6.45, 7) is 7.52. The third-order valence-corrected chi connectivity index (χ3v) is 4.75. The van der Waals surface area contributed by atoms with Crippen LogP contribution in [0.5, 0.6) is 0 Å². The SMILES string of the molecule is CCC(C)C(NC(=O)C(N)Cc1ccccc1)C(=O)NC(CC(C)C)C(=O)O. The predicted molar refractivity (Wildman–Crippen MR) is 109 cm³/mol. The zero-order valence-electron chi connectivity index (χ0n) is 17.1. The van der Waals surface area contributed by atoms with Gasteiger partial charge in [-0.05, 0) is 30.2 Å². The van der Waals surface area contributed by atoms with Gasteiger partial charge < -0.3 is 21.5 Å². The summed E-state index contributed by atoms with van der Waals surface area (Å²) >= 11 is 0. The van der Waals surface area contributed by atoms with Gasteiger partial charge in [0.1, 0.15) is 12.1 Å². The topological polar surface area (TPSA) is 122 Å². The molecule has 0 bridgehead atoms. The summed E-state index contributed by atoms with van der Waals surface area (Å²) in [5.41, 5.74) is 6.95. The van der Waals surface area contributed by atoms with Gasteiger partial charge in [-0.1, -0.05) is 64.4 Å². The fourth-order valence-electron chi connectivity index (χ4n) is 2.88. The lowest BCUT2D eigenvalue weighted by Gasteiger charge is -2.27. The Bertz CT molecular complexity index is 648. The van der Waals surface area contributed by atoms with Gasteiger partial charge in [0.25, 0.3) is 0 Å². The third-order valence-electron chi connectivity index (χ3n) is 4.75. The quantitative estimate of drug-likeness (QED) is 0.457. The van der Waals surface area contributed by atoms with Gasteiger partial charge in [0.2, 0.25) is 11.8 Å². The van der Waals surface area contributed by atoms with E-state index in [2.05, 4.69) is 10.6 Å². The molecule has 0 radical (unpaired) electrons. The van der Waals surface area contributed by atoms with Crippen LogP contribution in [0.3, 0.4) is 0 Å². The molecule has 0 aliphatic heterocycles. The molecule has 0 heterocycles. The molecule has 0 aliphatic carbocycles. The predicted octanol–water partition coefficient (Wildman–Crippen LogP) is 1.70. The minimum absolute atomic E-state index is 0.109. The lowest BCUT2D eigenvalue weighted by atomic mass is 9.96. The Balaban J connectivity index is 2.81. The highest BCUT2D eigenvalue weighted by molar-refractivity contribution is 5.92. The maximum atomic E-state index is 12.7. The van der Waals surface area contributed by atoms with Gasteiger partial charge in [0.05, 0.1) is 6.04 Å². The fourth-order valence-corrected chi connectivity index (χ4v) is 2.88. The molecule has 7 heteroatoms. The summed E-state index contributed by atoms with van der Waals surface area (Å²) in [4.78, 5) is 36.7. The van der Waals surface area contributed by atoms with E-state index >= 15 is 0 Å². The van der Waals surface area contributed by atoms with Gasteiger partial charge in [0, 0.05) is 0 Å². The van der Waals surface area contributed by atoms with Crippen LogP contribution in [0.4, 0.5) is 0 Å². The molecule has 2 amide bonds. The van der Waals surface area contributed by atoms with Gasteiger partial charge in [-0.15, -0.1) is 0 Å². The maximum absolute atomic E-state index is 12.7. The van der Waals surface area contributed by atoms with Crippen molar-refractivity contribution in [2.24, 2.45) is 17.6 Å². The van der Waals surface area contributed by atoms with Gasteiger partial charge >= 0.3 is 5.97 Å². The first-order valence-electron chi connectivity index (χ1n) is 9.78. The van der Waals surface area contributed by atoms with Crippen molar-refractivity contribution < 1.29 is 19.5 Å². The minimum atomic E-state index is -1.09. The Kier molecular flexibility index (Phi) is 9.65. The van der Waals surface area contributed by atoms with Crippen molar-refractivity contribution in [3.8, 4) is 0 Å². The number of hydrogen-bond acceptors (Lipinski definition) is 4. The van der Waals surface area contributed by atoms with Crippen molar-refractivity contribution >= 4 is 17.8 Å². The molecule has 1 rings (SSSR count). The molecule has 7 nitrogen and oxygen atoms in total. The number of nitrogens with two attached hydrogens (primary N) is 1. The summed E-state index contributed by atoms with van der Waals surface area (Å²) in [5.74, 6) is -2.07. The number of hydrogen-bond donors (Lipinski definition) is 4. The molecule has 0 fully saturated rings. The summed E-state index contributed by atoms with van der Waals surface area (Å²) in [6.07, 6.45) is 1.32. The van der Waals surface area contributed by atoms with E-state index in [9.17, 15) is 19.5 Å². The van der Waals surface area contributed by atoms with Crippen molar-refractivity contribution in [3.63, 3.8) is 0 Å². The number of carboxylic acids is 1. The Morgan fingerprint density at radius 1 is 1.04 bits per heavy atom. The van der Waals surface area contributed by atoms with Crippen LogP contribution in [-0.2, 0) is 20.8 Å². The number of aliphatic carboxylic acids is 1. The number of carboxylic acid groups (broad SMARTS) is 1. The maximum Gasteiger partial charge on any atom is 0.326 e. The summed E-state index contributed by atoms with van der Waals surface area (Å²) < 4.78 is 0. The van der Waals surface area contributed by atoms with E-state index in [4.69, 9.17) is 5.73 Å². The van der Waals surface area contributed by atoms with E-state index in [0.717, 1.165) is 5.56 Å². The van der Waals surface area contributed by atoms with E-state index in [-0.39, 0.29) is 11.8 Å². The van der Waals surface area contributed by atoms with Crippen LogP contribution in [0, 0.1) is 11.8 Å². The van der Waals surface area contributed by atoms with E-state index < -0.39 is 35.9 Å². The molecule has 5 N–H and O–H groups in total. The molecule has 0 aromatic heterocycles. The van der Waals surface area contributed by atoms with Crippen LogP contribution in [0.2, 0.25) is 0 Å². The van der Waals surface area contributed by atoms with Crippen LogP contribution in [0.1, 0.15) is 46.1 Å². The van der Waals surface area contributed by atoms with Crippen LogP contribution < -0.4 is 16.4 Å². The average molecular weight is 392 g/mol. The molecule has 0 saturated heterocycles. The molecule has 0 spiro atoms. The molecular weight excluding hydrogens is 358 g/mol. The summed E-state index contributed by atoms with van der Waals surface area (Å²) in [5, 5.41) is 14.6. The number of rotatable bonds is 11. The molecule has 28 heavy (non-hydrogen) atoms. The molecule has 156 valence electrons. The average Bonchev–Trinajstić information content (AvgIpc) is 2.64. The van der Waals surface area contributed by atoms with E-state index in [0.29, 0.717) is 19.3 Å². The Hall–Kier alpha value is -2.41. The van der Waals surface area contributed by atoms with Crippen molar-refractivity contribution in [2.45, 2.75) is 65.1 Å². The van der Waals surface area contributed by atoms with Crippen LogP contribution in [0.25, 0.3) is 0 Å². The van der Waals surface area contributed by atoms with Crippen molar-refractivity contribution in [3.05, 3.63) is 35.9 Å². The second kappa shape index (κ2) is 11.4. The van der Waals surface area contributed by atoms with Crippen molar-refractivity contribution in [1.82, 2.24) is 10.6 Å². The second-order valence-electron chi connectivity index (χ2n) is 7.70. The Morgan fingerprint density at radius 2 is 1.64 bits per heavy atom. The van der Waals surface area contributed by atoms with Crippen molar-refractivity contribution in [2.75, 3.05) is 0 Å². The summed E-state index contributed by atoms with van der Waals surface area (Å²) in [6, 6.07) is 6.76. The minimum Gasteiger partial charge on any atom is -0.480 e. The largest absolute Gasteiger partial charge is 0.480 e. The van der Waals surface area contributed by atoms with Gasteiger partial charge in [-0.3, -0.25) is 9.59 Å². The van der Waals surface area contributed by atoms with Crippen LogP contribution in [0.15, 0.2) is 30.3 Å².